The molecule has 23 nitrogen and oxygen atoms in total. The molecule has 0 unspecified atom stereocenters. The number of ether oxygens (including phenoxy) is 13. The molecule has 0 bridgehead atoms. The number of esters is 8. The Morgan fingerprint density at radius 1 is 0.339 bits per heavy atom. The molecule has 3 saturated heterocycles. The van der Waals surface area contributed by atoms with Crippen LogP contribution in [0.25, 0.3) is 11.1 Å². The van der Waals surface area contributed by atoms with Crippen LogP contribution in [0.3, 0.4) is 0 Å². The smallest absolute Gasteiger partial charge is 0.410 e. The van der Waals surface area contributed by atoms with Crippen molar-refractivity contribution in [1.82, 2.24) is 4.90 Å². The summed E-state index contributed by atoms with van der Waals surface area (Å²) in [5, 5.41) is 0. The summed E-state index contributed by atoms with van der Waals surface area (Å²) in [4.78, 5) is 133. The van der Waals surface area contributed by atoms with Gasteiger partial charge in [0.15, 0.2) is 49.2 Å². The monoisotopic (exact) mass is 1570 g/mol. The second-order valence-electron chi connectivity index (χ2n) is 26.6. The Balaban J connectivity index is 0.879. The minimum atomic E-state index is -2.58. The number of halogens is 5. The molecule has 14 rings (SSSR count). The van der Waals surface area contributed by atoms with Crippen LogP contribution in [0.1, 0.15) is 96.0 Å². The highest BCUT2D eigenvalue weighted by atomic mass is 19.2. The van der Waals surface area contributed by atoms with Gasteiger partial charge in [-0.1, -0.05) is 176 Å². The summed E-state index contributed by atoms with van der Waals surface area (Å²) in [6, 6.07) is 64.1. The highest BCUT2D eigenvalue weighted by Crippen LogP contribution is 2.45. The molecule has 0 N–H and O–H groups in total. The third kappa shape index (κ3) is 17.7. The lowest BCUT2D eigenvalue weighted by Crippen LogP contribution is -2.65. The van der Waals surface area contributed by atoms with Gasteiger partial charge in [-0.05, 0) is 107 Å². The van der Waals surface area contributed by atoms with Gasteiger partial charge in [0, 0.05) is 12.3 Å². The maximum Gasteiger partial charge on any atom is 0.410 e. The molecule has 1 amide bonds. The number of carbonyl (C=O) groups is 9. The van der Waals surface area contributed by atoms with Gasteiger partial charge >= 0.3 is 53.8 Å². The van der Waals surface area contributed by atoms with Gasteiger partial charge < -0.3 is 61.6 Å². The molecule has 3 fully saturated rings. The zero-order valence-electron chi connectivity index (χ0n) is 60.2. The number of hydrogen-bond donors (Lipinski definition) is 0. The van der Waals surface area contributed by atoms with Crippen LogP contribution in [0.4, 0.5) is 26.7 Å². The van der Waals surface area contributed by atoms with E-state index in [0.29, 0.717) is 4.90 Å². The minimum absolute atomic E-state index is 0.0356. The Kier molecular flexibility index (Phi) is 24.3. The minimum Gasteiger partial charge on any atom is -0.459 e. The van der Waals surface area contributed by atoms with E-state index in [0.717, 1.165) is 22.3 Å². The van der Waals surface area contributed by atoms with Crippen molar-refractivity contribution in [3.8, 4) is 16.9 Å². The highest BCUT2D eigenvalue weighted by molar-refractivity contribution is 5.94. The summed E-state index contributed by atoms with van der Waals surface area (Å²) >= 11 is 0. The van der Waals surface area contributed by atoms with E-state index in [2.05, 4.69) is 0 Å². The van der Waals surface area contributed by atoms with Crippen LogP contribution in [0.2, 0.25) is 0 Å². The van der Waals surface area contributed by atoms with Gasteiger partial charge in [-0.25, -0.2) is 56.3 Å². The predicted octanol–water partition coefficient (Wildman–Crippen LogP) is 13.4. The third-order valence-electron chi connectivity index (χ3n) is 19.3. The quantitative estimate of drug-likeness (QED) is 0.0136. The standard InChI is InChI=1S/C87H66F5NO22/c88-65-66(89)68(91)72(69(92)67(65)90)111-84(101)62-44-56(45-93(62)87(102)105-46-61-59-42-24-22-40-57(59)58-41-23-25-43-60(58)61)106-86-76(115-83(100)55-38-20-7-21-39-55)74(113-81(98)53-34-16-5-17-35-53)71(110-79(96)51-30-12-3-13-31-51)64(108-86)48-104-85-75(114-82(99)54-36-18-6-19-37-54)73(112-80(97)52-32-14-4-15-33-52)70(109-78(95)50-28-10-2-11-29-50)63(107-85)47-103-77(94)49-26-8-1-9-27-49/h1-43,56,61-64,70-71,73-76,85-86H,44-48H2/t56-,62+,63-,64-,70-,71-,73+,74+,75+,76+,85+,86+/m1/s1. The first-order valence-corrected chi connectivity index (χ1v) is 36.1. The molecule has 3 aliphatic heterocycles. The fraction of sp³-hybridized carbons (Fsp3) is 0.207. The molecule has 0 aromatic heterocycles. The van der Waals surface area contributed by atoms with Gasteiger partial charge in [-0.15, -0.1) is 0 Å². The van der Waals surface area contributed by atoms with Crippen molar-refractivity contribution in [2.45, 2.75) is 85.9 Å². The first-order valence-electron chi connectivity index (χ1n) is 36.1. The second-order valence-corrected chi connectivity index (χ2v) is 26.6. The van der Waals surface area contributed by atoms with E-state index in [4.69, 9.17) is 61.6 Å². The largest absolute Gasteiger partial charge is 0.459 e. The van der Waals surface area contributed by atoms with Gasteiger partial charge in [0.2, 0.25) is 34.8 Å². The van der Waals surface area contributed by atoms with Crippen LogP contribution < -0.4 is 4.74 Å². The van der Waals surface area contributed by atoms with Gasteiger partial charge in [-0.3, -0.25) is 4.90 Å². The molecule has 0 spiro atoms. The molecular formula is C87H66F5NO22. The number of rotatable bonds is 24. The fourth-order valence-electron chi connectivity index (χ4n) is 13.7. The second kappa shape index (κ2) is 35.6. The van der Waals surface area contributed by atoms with E-state index < -0.39 is 201 Å². The Morgan fingerprint density at radius 3 is 1.06 bits per heavy atom. The lowest BCUT2D eigenvalue weighted by atomic mass is 9.96. The van der Waals surface area contributed by atoms with E-state index in [1.165, 1.54) is 158 Å². The molecule has 115 heavy (non-hydrogen) atoms. The van der Waals surface area contributed by atoms with E-state index in [1.54, 1.807) is 66.7 Å². The molecule has 0 saturated carbocycles. The number of benzene rings is 10. The van der Waals surface area contributed by atoms with Crippen LogP contribution in [0, 0.1) is 29.1 Å². The third-order valence-corrected chi connectivity index (χ3v) is 19.3. The van der Waals surface area contributed by atoms with Crippen LogP contribution in [-0.2, 0) is 61.6 Å². The maximum atomic E-state index is 15.6. The van der Waals surface area contributed by atoms with Crippen LogP contribution in [-0.4, -0.2) is 159 Å². The van der Waals surface area contributed by atoms with Crippen molar-refractivity contribution in [3.63, 3.8) is 0 Å². The fourth-order valence-corrected chi connectivity index (χ4v) is 13.7. The Labute approximate surface area is 651 Å². The number of nitrogens with zero attached hydrogens (tertiary/aromatic N) is 1. The molecule has 12 atom stereocenters. The summed E-state index contributed by atoms with van der Waals surface area (Å²) in [6.07, 6.45) is -24.5. The van der Waals surface area contributed by atoms with E-state index in [9.17, 15) is 56.3 Å². The first-order chi connectivity index (χ1) is 55.8. The van der Waals surface area contributed by atoms with Crippen molar-refractivity contribution in [1.29, 1.82) is 0 Å². The van der Waals surface area contributed by atoms with Crippen molar-refractivity contribution in [3.05, 3.63) is 340 Å². The zero-order valence-corrected chi connectivity index (χ0v) is 60.2. The summed E-state index contributed by atoms with van der Waals surface area (Å²) < 4.78 is 157. The lowest BCUT2D eigenvalue weighted by Gasteiger charge is -2.46. The van der Waals surface area contributed by atoms with Crippen LogP contribution in [0.5, 0.6) is 5.75 Å². The average Bonchev–Trinajstić information content (AvgIpc) is 1.69. The van der Waals surface area contributed by atoms with Crippen molar-refractivity contribution in [2.75, 3.05) is 26.4 Å². The van der Waals surface area contributed by atoms with E-state index in [-0.39, 0.29) is 38.9 Å². The SMILES string of the molecule is O=C(OC[C@H]1O[C@H](OC[C@H]2O[C@H](O[C@@H]3C[C@@H](C(=O)Oc4c(F)c(F)c(F)c(F)c4F)N(C(=O)OCC4c5ccccc5-c5ccccc54)C3)[C@@H](OC(=O)c3ccccc3)[C@@H](OC(=O)c3ccccc3)[C@@H]2OC(=O)c2ccccc2)[C@@H](OC(=O)c2ccccc2)[C@@H](OC(=O)c2ccccc2)[C@@H]1OC(=O)c1ccccc1)c1ccccc1. The summed E-state index contributed by atoms with van der Waals surface area (Å²) in [7, 11) is 0. The molecular weight excluding hydrogens is 1510 g/mol. The summed E-state index contributed by atoms with van der Waals surface area (Å²) in [6.45, 7) is -3.13. The van der Waals surface area contributed by atoms with E-state index in [1.807, 2.05) is 36.4 Å². The van der Waals surface area contributed by atoms with Crippen LogP contribution >= 0.6 is 0 Å². The number of hydrogen-bond acceptors (Lipinski definition) is 22. The average molecular weight is 1570 g/mol. The normalized spacial score (nSPS) is 21.4. The Morgan fingerprint density at radius 2 is 0.661 bits per heavy atom. The van der Waals surface area contributed by atoms with Crippen molar-refractivity contribution >= 4 is 53.8 Å². The molecule has 1 aliphatic carbocycles. The molecule has 3 heterocycles. The van der Waals surface area contributed by atoms with Gasteiger partial charge in [0.25, 0.3) is 0 Å². The molecule has 10 aromatic carbocycles. The molecule has 0 radical (unpaired) electrons. The van der Waals surface area contributed by atoms with Crippen molar-refractivity contribution < 1.29 is 127 Å². The number of amides is 1. The van der Waals surface area contributed by atoms with E-state index >= 15 is 8.78 Å². The Bertz CT molecular complexity index is 5130. The maximum absolute atomic E-state index is 15.6. The zero-order chi connectivity index (χ0) is 80.2. The summed E-state index contributed by atoms with van der Waals surface area (Å²) in [5.74, 6) is -24.7. The number of likely N-dealkylation sites (tertiary alicyclic amines) is 1. The van der Waals surface area contributed by atoms with Gasteiger partial charge in [0.1, 0.15) is 31.5 Å². The number of carbonyl (C=O) groups excluding carboxylic acids is 9. The Hall–Kier alpha value is -13.3. The van der Waals surface area contributed by atoms with Crippen molar-refractivity contribution in [2.24, 2.45) is 0 Å². The predicted molar refractivity (Wildman–Crippen MR) is 391 cm³/mol. The molecule has 586 valence electrons. The van der Waals surface area contributed by atoms with Crippen LogP contribution in [0.15, 0.2) is 261 Å². The van der Waals surface area contributed by atoms with Gasteiger partial charge in [-0.2, -0.15) is 8.78 Å². The lowest BCUT2D eigenvalue weighted by molar-refractivity contribution is -0.332. The molecule has 4 aliphatic rings. The first kappa shape index (κ1) is 78.4. The highest BCUT2D eigenvalue weighted by Gasteiger charge is 2.58. The number of fused-ring (bicyclic) bond motifs is 3. The topological polar surface area (TPSA) is 277 Å². The molecule has 10 aromatic rings. The summed E-state index contributed by atoms with van der Waals surface area (Å²) in [5.41, 5.74) is 2.56. The van der Waals surface area contributed by atoms with Gasteiger partial charge in [0.05, 0.1) is 58.2 Å². The molecule has 28 heteroatoms.